The maximum atomic E-state index is 4.25. The third-order valence-corrected chi connectivity index (χ3v) is 1.72. The molecule has 0 saturated carbocycles. The third-order valence-electron chi connectivity index (χ3n) is 1.72. The normalized spacial score (nSPS) is 10.8. The van der Waals surface area contributed by atoms with Crippen molar-refractivity contribution in [2.75, 3.05) is 0 Å². The lowest BCUT2D eigenvalue weighted by Gasteiger charge is -1.98. The van der Waals surface area contributed by atoms with Gasteiger partial charge < -0.3 is 0 Å². The number of allylic oxidation sites excluding steroid dienone is 1. The van der Waals surface area contributed by atoms with Crippen LogP contribution in [0.2, 0.25) is 0 Å². The standard InChI is InChI=1S/C10H13N/c1-4-5-10-6-8(2)9(3)11-7-10/h4-7H,1-3H3/b5-4+. The van der Waals surface area contributed by atoms with Crippen LogP contribution in [0.4, 0.5) is 0 Å². The summed E-state index contributed by atoms with van der Waals surface area (Å²) >= 11 is 0. The maximum absolute atomic E-state index is 4.25. The van der Waals surface area contributed by atoms with E-state index in [2.05, 4.69) is 24.1 Å². The van der Waals surface area contributed by atoms with Gasteiger partial charge in [0, 0.05) is 11.9 Å². The van der Waals surface area contributed by atoms with E-state index >= 15 is 0 Å². The second kappa shape index (κ2) is 3.33. The van der Waals surface area contributed by atoms with Gasteiger partial charge in [0.05, 0.1) is 0 Å². The molecule has 1 rings (SSSR count). The monoisotopic (exact) mass is 147 g/mol. The Morgan fingerprint density at radius 3 is 2.64 bits per heavy atom. The highest BCUT2D eigenvalue weighted by Crippen LogP contribution is 2.07. The molecule has 0 unspecified atom stereocenters. The molecule has 1 heterocycles. The highest BCUT2D eigenvalue weighted by atomic mass is 14.7. The van der Waals surface area contributed by atoms with Gasteiger partial charge in [-0.2, -0.15) is 0 Å². The number of aryl methyl sites for hydroxylation is 2. The Kier molecular flexibility index (Phi) is 2.42. The van der Waals surface area contributed by atoms with Crippen molar-refractivity contribution in [1.29, 1.82) is 0 Å². The number of aromatic nitrogens is 1. The first kappa shape index (κ1) is 7.99. The first-order chi connectivity index (χ1) is 5.24. The highest BCUT2D eigenvalue weighted by Gasteiger charge is 1.92. The van der Waals surface area contributed by atoms with Crippen LogP contribution in [-0.4, -0.2) is 4.98 Å². The van der Waals surface area contributed by atoms with Crippen molar-refractivity contribution in [2.24, 2.45) is 0 Å². The molecule has 1 aromatic heterocycles. The van der Waals surface area contributed by atoms with Crippen LogP contribution in [0, 0.1) is 13.8 Å². The van der Waals surface area contributed by atoms with Crippen LogP contribution in [0.5, 0.6) is 0 Å². The molecule has 0 amide bonds. The maximum Gasteiger partial charge on any atom is 0.0402 e. The van der Waals surface area contributed by atoms with E-state index in [1.807, 2.05) is 26.1 Å². The summed E-state index contributed by atoms with van der Waals surface area (Å²) in [4.78, 5) is 4.25. The summed E-state index contributed by atoms with van der Waals surface area (Å²) in [5.41, 5.74) is 3.54. The third kappa shape index (κ3) is 1.90. The molecule has 0 aliphatic carbocycles. The molecule has 0 aromatic carbocycles. The molecule has 11 heavy (non-hydrogen) atoms. The van der Waals surface area contributed by atoms with Gasteiger partial charge in [0.2, 0.25) is 0 Å². The molecular weight excluding hydrogens is 134 g/mol. The summed E-state index contributed by atoms with van der Waals surface area (Å²) in [6, 6.07) is 2.14. The Balaban J connectivity index is 3.05. The fourth-order valence-electron chi connectivity index (χ4n) is 0.948. The van der Waals surface area contributed by atoms with Crippen molar-refractivity contribution < 1.29 is 0 Å². The molecular formula is C10H13N. The van der Waals surface area contributed by atoms with Crippen LogP contribution in [0.1, 0.15) is 23.7 Å². The lowest BCUT2D eigenvalue weighted by atomic mass is 10.1. The number of rotatable bonds is 1. The SMILES string of the molecule is C/C=C/c1cnc(C)c(C)c1. The van der Waals surface area contributed by atoms with Crippen molar-refractivity contribution in [3.63, 3.8) is 0 Å². The molecule has 0 spiro atoms. The Hall–Kier alpha value is -1.11. The number of pyridine rings is 1. The van der Waals surface area contributed by atoms with Crippen molar-refractivity contribution in [2.45, 2.75) is 20.8 Å². The summed E-state index contributed by atoms with van der Waals surface area (Å²) in [7, 11) is 0. The lowest BCUT2D eigenvalue weighted by molar-refractivity contribution is 1.14. The smallest absolute Gasteiger partial charge is 0.0402 e. The Morgan fingerprint density at radius 2 is 2.09 bits per heavy atom. The summed E-state index contributed by atoms with van der Waals surface area (Å²) in [6.07, 6.45) is 5.97. The molecule has 0 aliphatic rings. The fourth-order valence-corrected chi connectivity index (χ4v) is 0.948. The first-order valence-electron chi connectivity index (χ1n) is 3.80. The molecule has 0 radical (unpaired) electrons. The molecule has 1 heteroatoms. The zero-order valence-electron chi connectivity index (χ0n) is 7.26. The van der Waals surface area contributed by atoms with Gasteiger partial charge in [-0.05, 0) is 38.0 Å². The number of hydrogen-bond acceptors (Lipinski definition) is 1. The zero-order valence-corrected chi connectivity index (χ0v) is 7.26. The minimum atomic E-state index is 1.11. The molecule has 0 atom stereocenters. The van der Waals surface area contributed by atoms with E-state index < -0.39 is 0 Å². The van der Waals surface area contributed by atoms with Crippen LogP contribution in [0.3, 0.4) is 0 Å². The van der Waals surface area contributed by atoms with E-state index in [1.165, 1.54) is 11.1 Å². The highest BCUT2D eigenvalue weighted by molar-refractivity contribution is 5.48. The van der Waals surface area contributed by atoms with Crippen molar-refractivity contribution in [3.8, 4) is 0 Å². The number of hydrogen-bond donors (Lipinski definition) is 0. The largest absolute Gasteiger partial charge is 0.261 e. The minimum absolute atomic E-state index is 1.11. The van der Waals surface area contributed by atoms with Gasteiger partial charge in [-0.15, -0.1) is 0 Å². The molecule has 0 aliphatic heterocycles. The van der Waals surface area contributed by atoms with E-state index in [-0.39, 0.29) is 0 Å². The molecule has 0 saturated heterocycles. The van der Waals surface area contributed by atoms with Gasteiger partial charge >= 0.3 is 0 Å². The predicted molar refractivity (Wildman–Crippen MR) is 48.4 cm³/mol. The lowest BCUT2D eigenvalue weighted by Crippen LogP contribution is -1.86. The zero-order chi connectivity index (χ0) is 8.27. The summed E-state index contributed by atoms with van der Waals surface area (Å²) in [5.74, 6) is 0. The molecule has 1 nitrogen and oxygen atoms in total. The summed E-state index contributed by atoms with van der Waals surface area (Å²) in [6.45, 7) is 6.11. The molecule has 0 fully saturated rings. The molecule has 1 aromatic rings. The Bertz CT molecular complexity index is 274. The van der Waals surface area contributed by atoms with Gasteiger partial charge in [-0.25, -0.2) is 0 Å². The fraction of sp³-hybridized carbons (Fsp3) is 0.300. The van der Waals surface area contributed by atoms with E-state index in [0.717, 1.165) is 5.69 Å². The topological polar surface area (TPSA) is 12.9 Å². The average molecular weight is 147 g/mol. The first-order valence-corrected chi connectivity index (χ1v) is 3.80. The second-order valence-electron chi connectivity index (χ2n) is 2.67. The minimum Gasteiger partial charge on any atom is -0.261 e. The van der Waals surface area contributed by atoms with Gasteiger partial charge in [0.1, 0.15) is 0 Å². The molecule has 0 bridgehead atoms. The predicted octanol–water partition coefficient (Wildman–Crippen LogP) is 2.73. The molecule has 58 valence electrons. The van der Waals surface area contributed by atoms with Crippen molar-refractivity contribution in [3.05, 3.63) is 35.2 Å². The van der Waals surface area contributed by atoms with E-state index in [4.69, 9.17) is 0 Å². The number of nitrogens with zero attached hydrogens (tertiary/aromatic N) is 1. The summed E-state index contributed by atoms with van der Waals surface area (Å²) < 4.78 is 0. The summed E-state index contributed by atoms with van der Waals surface area (Å²) in [5, 5.41) is 0. The average Bonchev–Trinajstić information content (AvgIpc) is 1.98. The van der Waals surface area contributed by atoms with Gasteiger partial charge in [0.25, 0.3) is 0 Å². The van der Waals surface area contributed by atoms with Crippen molar-refractivity contribution in [1.82, 2.24) is 4.98 Å². The molecule has 0 N–H and O–H groups in total. The van der Waals surface area contributed by atoms with Crippen molar-refractivity contribution >= 4 is 6.08 Å². The van der Waals surface area contributed by atoms with Crippen LogP contribution < -0.4 is 0 Å². The van der Waals surface area contributed by atoms with Crippen LogP contribution in [0.25, 0.3) is 6.08 Å². The van der Waals surface area contributed by atoms with Gasteiger partial charge in [0.15, 0.2) is 0 Å². The van der Waals surface area contributed by atoms with Crippen LogP contribution in [-0.2, 0) is 0 Å². The quantitative estimate of drug-likeness (QED) is 0.595. The van der Waals surface area contributed by atoms with E-state index in [9.17, 15) is 0 Å². The van der Waals surface area contributed by atoms with Gasteiger partial charge in [-0.3, -0.25) is 4.98 Å². The van der Waals surface area contributed by atoms with Crippen LogP contribution in [0.15, 0.2) is 18.3 Å². The van der Waals surface area contributed by atoms with Gasteiger partial charge in [-0.1, -0.05) is 12.2 Å². The second-order valence-corrected chi connectivity index (χ2v) is 2.67. The Labute approximate surface area is 67.8 Å². The van der Waals surface area contributed by atoms with E-state index in [0.29, 0.717) is 0 Å². The van der Waals surface area contributed by atoms with E-state index in [1.54, 1.807) is 0 Å². The van der Waals surface area contributed by atoms with Crippen LogP contribution >= 0.6 is 0 Å². The Morgan fingerprint density at radius 1 is 1.36 bits per heavy atom.